The second kappa shape index (κ2) is 8.39. The molecule has 0 atom stereocenters. The Kier molecular flexibility index (Phi) is 5.71. The van der Waals surface area contributed by atoms with Gasteiger partial charge in [0.05, 0.1) is 24.7 Å². The number of carbonyl (C=O) groups is 2. The molecule has 0 saturated carbocycles. The molecule has 2 aromatic carbocycles. The first-order chi connectivity index (χ1) is 13.6. The van der Waals surface area contributed by atoms with Crippen LogP contribution in [0.1, 0.15) is 11.1 Å². The Morgan fingerprint density at radius 2 is 1.75 bits per heavy atom. The van der Waals surface area contributed by atoms with Crippen molar-refractivity contribution in [3.63, 3.8) is 0 Å². The van der Waals surface area contributed by atoms with E-state index in [1.54, 1.807) is 12.1 Å². The van der Waals surface area contributed by atoms with E-state index >= 15 is 0 Å². The number of morpholine rings is 1. The Morgan fingerprint density at radius 3 is 2.46 bits per heavy atom. The fraction of sp³-hybridized carbons (Fsp3) is 0.238. The average Bonchev–Trinajstić information content (AvgIpc) is 2.98. The second-order valence-electron chi connectivity index (χ2n) is 6.55. The maximum atomic E-state index is 12.7. The van der Waals surface area contributed by atoms with Crippen molar-refractivity contribution in [3.05, 3.63) is 69.6 Å². The highest BCUT2D eigenvalue weighted by Gasteiger charge is 2.35. The third kappa shape index (κ3) is 4.09. The molecule has 144 valence electrons. The molecule has 5 nitrogen and oxygen atoms in total. The van der Waals surface area contributed by atoms with Gasteiger partial charge >= 0.3 is 0 Å². The van der Waals surface area contributed by atoms with Gasteiger partial charge in [-0.2, -0.15) is 0 Å². The Labute approximate surface area is 172 Å². The number of thioether (sulfide) groups is 1. The summed E-state index contributed by atoms with van der Waals surface area (Å²) >= 11 is 7.12. The van der Waals surface area contributed by atoms with Crippen LogP contribution in [-0.2, 0) is 16.1 Å². The van der Waals surface area contributed by atoms with E-state index < -0.39 is 0 Å². The van der Waals surface area contributed by atoms with Crippen molar-refractivity contribution in [1.29, 1.82) is 0 Å². The number of hydrogen-bond acceptors (Lipinski definition) is 5. The first-order valence-electron chi connectivity index (χ1n) is 9.03. The molecule has 2 heterocycles. The quantitative estimate of drug-likeness (QED) is 0.693. The van der Waals surface area contributed by atoms with Crippen LogP contribution < -0.4 is 4.90 Å². The summed E-state index contributed by atoms with van der Waals surface area (Å²) in [5.41, 5.74) is 2.77. The predicted molar refractivity (Wildman–Crippen MR) is 112 cm³/mol. The van der Waals surface area contributed by atoms with Crippen LogP contribution in [-0.4, -0.2) is 42.3 Å². The molecular weight excluding hydrogens is 396 g/mol. The molecule has 0 radical (unpaired) electrons. The number of benzene rings is 2. The van der Waals surface area contributed by atoms with Gasteiger partial charge in [-0.15, -0.1) is 0 Å². The van der Waals surface area contributed by atoms with Gasteiger partial charge in [0, 0.05) is 23.8 Å². The van der Waals surface area contributed by atoms with E-state index in [0.29, 0.717) is 9.93 Å². The topological polar surface area (TPSA) is 49.9 Å². The van der Waals surface area contributed by atoms with Crippen molar-refractivity contribution in [3.8, 4) is 0 Å². The Morgan fingerprint density at radius 1 is 1.04 bits per heavy atom. The van der Waals surface area contributed by atoms with Gasteiger partial charge in [-0.25, -0.2) is 0 Å². The molecule has 28 heavy (non-hydrogen) atoms. The second-order valence-corrected chi connectivity index (χ2v) is 7.95. The minimum Gasteiger partial charge on any atom is -0.378 e. The predicted octanol–water partition coefficient (Wildman–Crippen LogP) is 4.41. The van der Waals surface area contributed by atoms with E-state index in [4.69, 9.17) is 16.3 Å². The van der Waals surface area contributed by atoms with Crippen molar-refractivity contribution in [2.24, 2.45) is 0 Å². The van der Waals surface area contributed by atoms with E-state index in [2.05, 4.69) is 4.90 Å². The van der Waals surface area contributed by atoms with E-state index in [9.17, 15) is 9.59 Å². The highest BCUT2D eigenvalue weighted by atomic mass is 35.5. The highest BCUT2D eigenvalue weighted by Crippen LogP contribution is 2.34. The standard InChI is InChI=1S/C21H19ClN2O3S/c22-18-4-2-1-3-16(18)14-24-20(25)19(28-21(24)26)13-15-5-7-17(8-6-15)23-9-11-27-12-10-23/h1-8,13H,9-12,14H2/b19-13-. The maximum Gasteiger partial charge on any atom is 0.293 e. The van der Waals surface area contributed by atoms with E-state index in [-0.39, 0.29) is 17.7 Å². The number of halogens is 1. The zero-order chi connectivity index (χ0) is 19.5. The summed E-state index contributed by atoms with van der Waals surface area (Å²) in [5.74, 6) is -0.285. The van der Waals surface area contributed by atoms with Gasteiger partial charge in [0.25, 0.3) is 11.1 Å². The number of amides is 2. The van der Waals surface area contributed by atoms with Crippen LogP contribution in [0, 0.1) is 0 Å². The molecular formula is C21H19ClN2O3S. The number of rotatable bonds is 4. The summed E-state index contributed by atoms with van der Waals surface area (Å²) in [4.78, 5) is 29.0. The van der Waals surface area contributed by atoms with Crippen molar-refractivity contribution in [2.45, 2.75) is 6.54 Å². The molecule has 2 fully saturated rings. The van der Waals surface area contributed by atoms with Gasteiger partial charge < -0.3 is 9.64 Å². The Balaban J connectivity index is 1.48. The molecule has 0 bridgehead atoms. The van der Waals surface area contributed by atoms with Crippen LogP contribution in [0.2, 0.25) is 5.02 Å². The smallest absolute Gasteiger partial charge is 0.293 e. The van der Waals surface area contributed by atoms with Gasteiger partial charge in [0.15, 0.2) is 0 Å². The van der Waals surface area contributed by atoms with Gasteiger partial charge in [-0.05, 0) is 47.2 Å². The maximum absolute atomic E-state index is 12.7. The van der Waals surface area contributed by atoms with Crippen LogP contribution in [0.5, 0.6) is 0 Å². The van der Waals surface area contributed by atoms with Crippen LogP contribution in [0.4, 0.5) is 10.5 Å². The van der Waals surface area contributed by atoms with Gasteiger partial charge in [0.1, 0.15) is 0 Å². The fourth-order valence-corrected chi connectivity index (χ4v) is 4.22. The minimum atomic E-state index is -0.285. The summed E-state index contributed by atoms with van der Waals surface area (Å²) in [6.45, 7) is 3.40. The number of carbonyl (C=O) groups excluding carboxylic acids is 2. The summed E-state index contributed by atoms with van der Waals surface area (Å²) in [6.07, 6.45) is 1.76. The summed E-state index contributed by atoms with van der Waals surface area (Å²) in [6, 6.07) is 15.2. The van der Waals surface area contributed by atoms with E-state index in [1.165, 1.54) is 4.90 Å². The molecule has 0 N–H and O–H groups in total. The number of ether oxygens (including phenoxy) is 1. The monoisotopic (exact) mass is 414 g/mol. The summed E-state index contributed by atoms with van der Waals surface area (Å²) < 4.78 is 5.38. The van der Waals surface area contributed by atoms with Gasteiger partial charge in [0.2, 0.25) is 0 Å². The SMILES string of the molecule is O=C1S/C(=C\c2ccc(N3CCOCC3)cc2)C(=O)N1Cc1ccccc1Cl. The first-order valence-corrected chi connectivity index (χ1v) is 10.2. The molecule has 2 aromatic rings. The first kappa shape index (κ1) is 19.1. The Hall–Kier alpha value is -2.28. The van der Waals surface area contributed by atoms with E-state index in [1.807, 2.05) is 42.5 Å². The largest absolute Gasteiger partial charge is 0.378 e. The lowest BCUT2D eigenvalue weighted by Gasteiger charge is -2.28. The van der Waals surface area contributed by atoms with E-state index in [0.717, 1.165) is 54.9 Å². The molecule has 4 rings (SSSR count). The number of anilines is 1. The lowest BCUT2D eigenvalue weighted by atomic mass is 10.1. The molecule has 0 aliphatic carbocycles. The van der Waals surface area contributed by atoms with Gasteiger partial charge in [-0.1, -0.05) is 41.9 Å². The zero-order valence-electron chi connectivity index (χ0n) is 15.1. The van der Waals surface area contributed by atoms with Crippen LogP contribution in [0.25, 0.3) is 6.08 Å². The van der Waals surface area contributed by atoms with Crippen molar-refractivity contribution < 1.29 is 14.3 Å². The molecule has 7 heteroatoms. The van der Waals surface area contributed by atoms with Crippen molar-refractivity contribution in [2.75, 3.05) is 31.2 Å². The molecule has 2 aliphatic heterocycles. The average molecular weight is 415 g/mol. The number of imide groups is 1. The van der Waals surface area contributed by atoms with Crippen LogP contribution in [0.15, 0.2) is 53.4 Å². The normalized spacial score (nSPS) is 19.0. The Bertz CT molecular complexity index is 924. The molecule has 2 amide bonds. The number of nitrogens with zero attached hydrogens (tertiary/aromatic N) is 2. The zero-order valence-corrected chi connectivity index (χ0v) is 16.7. The lowest BCUT2D eigenvalue weighted by Crippen LogP contribution is -2.36. The minimum absolute atomic E-state index is 0.178. The fourth-order valence-electron chi connectivity index (χ4n) is 3.19. The molecule has 0 aromatic heterocycles. The van der Waals surface area contributed by atoms with Crippen molar-refractivity contribution in [1.82, 2.24) is 4.90 Å². The molecule has 2 saturated heterocycles. The van der Waals surface area contributed by atoms with Crippen molar-refractivity contribution >= 4 is 46.3 Å². The molecule has 0 spiro atoms. The van der Waals surface area contributed by atoms with Crippen LogP contribution in [0.3, 0.4) is 0 Å². The van der Waals surface area contributed by atoms with Crippen LogP contribution >= 0.6 is 23.4 Å². The summed E-state index contributed by atoms with van der Waals surface area (Å²) in [5, 5.41) is 0.269. The molecule has 0 unspecified atom stereocenters. The lowest BCUT2D eigenvalue weighted by molar-refractivity contribution is -0.123. The third-order valence-electron chi connectivity index (χ3n) is 4.73. The summed E-state index contributed by atoms with van der Waals surface area (Å²) in [7, 11) is 0. The number of hydrogen-bond donors (Lipinski definition) is 0. The molecule has 2 aliphatic rings. The third-order valence-corrected chi connectivity index (χ3v) is 6.00. The van der Waals surface area contributed by atoms with Gasteiger partial charge in [-0.3, -0.25) is 14.5 Å². The highest BCUT2D eigenvalue weighted by molar-refractivity contribution is 8.18.